The smallest absolute Gasteiger partial charge is 0.268 e. The van der Waals surface area contributed by atoms with Crippen LogP contribution in [-0.2, 0) is 11.3 Å². The van der Waals surface area contributed by atoms with E-state index >= 15 is 0 Å². The van der Waals surface area contributed by atoms with Crippen molar-refractivity contribution in [3.05, 3.63) is 59.0 Å². The lowest BCUT2D eigenvalue weighted by Gasteiger charge is -2.11. The van der Waals surface area contributed by atoms with E-state index in [1.165, 1.54) is 12.1 Å². The molecule has 26 heavy (non-hydrogen) atoms. The summed E-state index contributed by atoms with van der Waals surface area (Å²) in [6, 6.07) is 6.84. The molecule has 2 heterocycles. The summed E-state index contributed by atoms with van der Waals surface area (Å²) in [4.78, 5) is 12.5. The first-order chi connectivity index (χ1) is 12.5. The number of furan rings is 1. The number of hydrogen-bond donors (Lipinski definition) is 1. The number of carbonyl (C=O) groups is 1. The largest absolute Gasteiger partial charge is 0.460 e. The van der Waals surface area contributed by atoms with E-state index in [9.17, 15) is 13.6 Å². The van der Waals surface area contributed by atoms with E-state index < -0.39 is 11.6 Å². The lowest BCUT2D eigenvalue weighted by atomic mass is 10.2. The molecule has 0 radical (unpaired) electrons. The number of nitrogens with one attached hydrogen (secondary N) is 1. The number of aromatic nitrogens is 1. The Morgan fingerprint density at radius 3 is 2.81 bits per heavy atom. The predicted molar refractivity (Wildman–Crippen MR) is 93.2 cm³/mol. The summed E-state index contributed by atoms with van der Waals surface area (Å²) in [5.41, 5.74) is 1.89. The van der Waals surface area contributed by atoms with Gasteiger partial charge in [0.1, 0.15) is 23.1 Å². The predicted octanol–water partition coefficient (Wildman–Crippen LogP) is 3.64. The molecule has 1 amide bonds. The molecule has 1 N–H and O–H groups in total. The van der Waals surface area contributed by atoms with Gasteiger partial charge in [0.05, 0.1) is 12.1 Å². The summed E-state index contributed by atoms with van der Waals surface area (Å²) in [5.74, 6) is -0.888. The Morgan fingerprint density at radius 1 is 1.27 bits per heavy atom. The van der Waals surface area contributed by atoms with Crippen molar-refractivity contribution in [3.63, 3.8) is 0 Å². The molecule has 3 rings (SSSR count). The van der Waals surface area contributed by atoms with Crippen molar-refractivity contribution in [2.75, 3.05) is 20.3 Å². The molecule has 0 atom stereocenters. The molecule has 0 bridgehead atoms. The third kappa shape index (κ3) is 3.77. The van der Waals surface area contributed by atoms with Gasteiger partial charge in [-0.15, -0.1) is 0 Å². The van der Waals surface area contributed by atoms with Crippen LogP contribution in [0.1, 0.15) is 28.2 Å². The molecule has 0 unspecified atom stereocenters. The van der Waals surface area contributed by atoms with Gasteiger partial charge in [-0.05, 0) is 19.4 Å². The highest BCUT2D eigenvalue weighted by molar-refractivity contribution is 5.97. The van der Waals surface area contributed by atoms with Gasteiger partial charge in [-0.3, -0.25) is 4.79 Å². The van der Waals surface area contributed by atoms with Gasteiger partial charge in [-0.2, -0.15) is 0 Å². The molecule has 0 aliphatic heterocycles. The number of nitrogens with zero attached hydrogens (tertiary/aromatic N) is 1. The lowest BCUT2D eigenvalue weighted by molar-refractivity contribution is 0.0940. The first-order valence-electron chi connectivity index (χ1n) is 8.30. The van der Waals surface area contributed by atoms with E-state index in [4.69, 9.17) is 9.15 Å². The zero-order valence-electron chi connectivity index (χ0n) is 14.6. The minimum absolute atomic E-state index is 0.0927. The number of halogens is 2. The standard InChI is InChI=1S/C19H20F2N2O3/c1-12-8-16-18(26-12)10-17(19(24)22-6-3-7-25-2)23(16)11-13-4-5-14(20)9-15(13)21/h4-5,8-10H,3,6-7,11H2,1-2H3,(H,22,24). The molecule has 0 saturated heterocycles. The first-order valence-corrected chi connectivity index (χ1v) is 8.30. The molecular weight excluding hydrogens is 342 g/mol. The highest BCUT2D eigenvalue weighted by Crippen LogP contribution is 2.25. The van der Waals surface area contributed by atoms with Crippen molar-refractivity contribution in [1.29, 1.82) is 0 Å². The van der Waals surface area contributed by atoms with Gasteiger partial charge in [0, 0.05) is 44.0 Å². The van der Waals surface area contributed by atoms with Gasteiger partial charge in [-0.25, -0.2) is 8.78 Å². The fourth-order valence-corrected chi connectivity index (χ4v) is 2.85. The van der Waals surface area contributed by atoms with Crippen molar-refractivity contribution in [1.82, 2.24) is 9.88 Å². The maximum absolute atomic E-state index is 14.1. The molecule has 3 aromatic rings. The van der Waals surface area contributed by atoms with Crippen LogP contribution < -0.4 is 5.32 Å². The van der Waals surface area contributed by atoms with Crippen LogP contribution in [-0.4, -0.2) is 30.7 Å². The normalized spacial score (nSPS) is 11.2. The van der Waals surface area contributed by atoms with E-state index in [1.54, 1.807) is 30.7 Å². The number of rotatable bonds is 7. The molecule has 0 aliphatic rings. The average molecular weight is 362 g/mol. The SMILES string of the molecule is COCCCNC(=O)c1cc2oc(C)cc2n1Cc1ccc(F)cc1F. The number of benzene rings is 1. The third-order valence-electron chi connectivity index (χ3n) is 4.10. The molecule has 0 aliphatic carbocycles. The van der Waals surface area contributed by atoms with Crippen LogP contribution in [0.3, 0.4) is 0 Å². The minimum atomic E-state index is -0.654. The van der Waals surface area contributed by atoms with Crippen molar-refractivity contribution in [2.24, 2.45) is 0 Å². The Balaban J connectivity index is 1.92. The zero-order chi connectivity index (χ0) is 18.7. The number of carbonyl (C=O) groups excluding carboxylic acids is 1. The van der Waals surface area contributed by atoms with E-state index in [-0.39, 0.29) is 18.0 Å². The van der Waals surface area contributed by atoms with Crippen LogP contribution in [0.15, 0.2) is 34.7 Å². The molecular formula is C19H20F2N2O3. The highest BCUT2D eigenvalue weighted by atomic mass is 19.1. The number of amides is 1. The van der Waals surface area contributed by atoms with Crippen LogP contribution in [0.25, 0.3) is 11.1 Å². The zero-order valence-corrected chi connectivity index (χ0v) is 14.6. The summed E-state index contributed by atoms with van der Waals surface area (Å²) in [7, 11) is 1.60. The Hall–Kier alpha value is -2.67. The molecule has 0 spiro atoms. The topological polar surface area (TPSA) is 56.4 Å². The molecule has 7 heteroatoms. The fourth-order valence-electron chi connectivity index (χ4n) is 2.85. The van der Waals surface area contributed by atoms with E-state index in [0.717, 1.165) is 6.07 Å². The Morgan fingerprint density at radius 2 is 2.08 bits per heavy atom. The monoisotopic (exact) mass is 362 g/mol. The van der Waals surface area contributed by atoms with E-state index in [0.29, 0.717) is 42.1 Å². The number of hydrogen-bond acceptors (Lipinski definition) is 3. The van der Waals surface area contributed by atoms with E-state index in [1.807, 2.05) is 0 Å². The van der Waals surface area contributed by atoms with Crippen molar-refractivity contribution < 1.29 is 22.7 Å². The number of ether oxygens (including phenoxy) is 1. The fraction of sp³-hybridized carbons (Fsp3) is 0.316. The molecule has 1 aromatic carbocycles. The van der Waals surface area contributed by atoms with Crippen LogP contribution in [0, 0.1) is 18.6 Å². The maximum atomic E-state index is 14.1. The summed E-state index contributed by atoms with van der Waals surface area (Å²) >= 11 is 0. The summed E-state index contributed by atoms with van der Waals surface area (Å²) in [6.45, 7) is 2.90. The van der Waals surface area contributed by atoms with Gasteiger partial charge >= 0.3 is 0 Å². The van der Waals surface area contributed by atoms with Crippen LogP contribution >= 0.6 is 0 Å². The molecule has 5 nitrogen and oxygen atoms in total. The molecule has 0 saturated carbocycles. The summed E-state index contributed by atoms with van der Waals surface area (Å²) in [5, 5.41) is 2.81. The number of aryl methyl sites for hydroxylation is 1. The first kappa shape index (κ1) is 18.1. The van der Waals surface area contributed by atoms with Gasteiger partial charge in [-0.1, -0.05) is 6.07 Å². The maximum Gasteiger partial charge on any atom is 0.268 e. The Labute approximate surface area is 149 Å². The van der Waals surface area contributed by atoms with Crippen LogP contribution in [0.5, 0.6) is 0 Å². The van der Waals surface area contributed by atoms with Crippen LogP contribution in [0.4, 0.5) is 8.78 Å². The average Bonchev–Trinajstić information content (AvgIpc) is 3.11. The second kappa shape index (κ2) is 7.70. The van der Waals surface area contributed by atoms with Crippen LogP contribution in [0.2, 0.25) is 0 Å². The lowest BCUT2D eigenvalue weighted by Crippen LogP contribution is -2.27. The van der Waals surface area contributed by atoms with Crippen molar-refractivity contribution in [3.8, 4) is 0 Å². The molecule has 138 valence electrons. The minimum Gasteiger partial charge on any atom is -0.460 e. The van der Waals surface area contributed by atoms with Gasteiger partial charge in [0.2, 0.25) is 0 Å². The number of methoxy groups -OCH3 is 1. The van der Waals surface area contributed by atoms with E-state index in [2.05, 4.69) is 5.32 Å². The summed E-state index contributed by atoms with van der Waals surface area (Å²) < 4.78 is 39.5. The van der Waals surface area contributed by atoms with Crippen molar-refractivity contribution in [2.45, 2.75) is 19.9 Å². The highest BCUT2D eigenvalue weighted by Gasteiger charge is 2.19. The second-order valence-electron chi connectivity index (χ2n) is 6.06. The number of fused-ring (bicyclic) bond motifs is 1. The second-order valence-corrected chi connectivity index (χ2v) is 6.06. The molecule has 0 fully saturated rings. The Bertz CT molecular complexity index is 930. The Kier molecular flexibility index (Phi) is 5.37. The molecule has 2 aromatic heterocycles. The van der Waals surface area contributed by atoms with Gasteiger partial charge in [0.25, 0.3) is 5.91 Å². The quantitative estimate of drug-likeness (QED) is 0.653. The summed E-state index contributed by atoms with van der Waals surface area (Å²) in [6.07, 6.45) is 0.685. The van der Waals surface area contributed by atoms with Gasteiger partial charge in [0.15, 0.2) is 5.58 Å². The van der Waals surface area contributed by atoms with Gasteiger partial charge < -0.3 is 19.0 Å². The van der Waals surface area contributed by atoms with Crippen molar-refractivity contribution >= 4 is 17.0 Å². The third-order valence-corrected chi connectivity index (χ3v) is 4.10.